The van der Waals surface area contributed by atoms with Gasteiger partial charge in [0.15, 0.2) is 0 Å². The van der Waals surface area contributed by atoms with Gasteiger partial charge < -0.3 is 14.5 Å². The van der Waals surface area contributed by atoms with Gasteiger partial charge in [-0.2, -0.15) is 0 Å². The van der Waals surface area contributed by atoms with Crippen molar-refractivity contribution in [3.63, 3.8) is 0 Å². The fourth-order valence-corrected chi connectivity index (χ4v) is 1.02. The molecule has 0 fully saturated rings. The third kappa shape index (κ3) is 4.37. The molecule has 1 heterocycles. The second-order valence-electron chi connectivity index (χ2n) is 2.98. The van der Waals surface area contributed by atoms with Crippen LogP contribution in [0.1, 0.15) is 0 Å². The Bertz CT molecular complexity index is 471. The minimum Gasteiger partial charge on any atom is -0.466 e. The molecule has 1 aromatic heterocycles. The highest BCUT2D eigenvalue weighted by atomic mass is 16.5. The van der Waals surface area contributed by atoms with Crippen LogP contribution < -0.4 is 5.69 Å². The molecule has 0 bridgehead atoms. The molecule has 7 nitrogen and oxygen atoms in total. The third-order valence-corrected chi connectivity index (χ3v) is 1.86. The number of esters is 2. The van der Waals surface area contributed by atoms with Gasteiger partial charge in [0, 0.05) is 24.5 Å². The smallest absolute Gasteiger partial charge is 0.331 e. The van der Waals surface area contributed by atoms with E-state index in [1.807, 2.05) is 0 Å². The van der Waals surface area contributed by atoms with Crippen LogP contribution >= 0.6 is 0 Å². The maximum absolute atomic E-state index is 11.1. The van der Waals surface area contributed by atoms with Crippen molar-refractivity contribution < 1.29 is 19.1 Å². The van der Waals surface area contributed by atoms with Crippen molar-refractivity contribution in [2.24, 2.45) is 0 Å². The van der Waals surface area contributed by atoms with Crippen molar-refractivity contribution in [3.8, 4) is 0 Å². The Labute approximate surface area is 96.6 Å². The quantitative estimate of drug-likeness (QED) is 0.550. The van der Waals surface area contributed by atoms with Gasteiger partial charge in [-0.05, 0) is 0 Å². The largest absolute Gasteiger partial charge is 0.466 e. The first kappa shape index (κ1) is 12.8. The molecule has 0 saturated heterocycles. The Balaban J connectivity index is 2.30. The summed E-state index contributed by atoms with van der Waals surface area (Å²) in [5.74, 6) is -1.30. The summed E-state index contributed by atoms with van der Waals surface area (Å²) in [7, 11) is 1.20. The number of rotatable bonds is 5. The number of aromatic amines is 1. The summed E-state index contributed by atoms with van der Waals surface area (Å²) in [6.07, 6.45) is 4.96. The fourth-order valence-electron chi connectivity index (χ4n) is 1.02. The minimum absolute atomic E-state index is 0.0438. The van der Waals surface area contributed by atoms with Crippen molar-refractivity contribution in [1.29, 1.82) is 0 Å². The average molecular weight is 240 g/mol. The van der Waals surface area contributed by atoms with E-state index in [2.05, 4.69) is 9.72 Å². The number of hydrogen-bond donors (Lipinski definition) is 1. The number of H-pyrrole nitrogens is 1. The lowest BCUT2D eigenvalue weighted by atomic mass is 10.5. The van der Waals surface area contributed by atoms with Gasteiger partial charge in [0.05, 0.1) is 13.7 Å². The topological polar surface area (TPSA) is 90.4 Å². The van der Waals surface area contributed by atoms with Crippen LogP contribution in [0.2, 0.25) is 0 Å². The van der Waals surface area contributed by atoms with Crippen molar-refractivity contribution in [2.45, 2.75) is 6.54 Å². The molecule has 1 rings (SSSR count). The molecule has 1 aromatic rings. The predicted octanol–water partition coefficient (Wildman–Crippen LogP) is -0.551. The third-order valence-electron chi connectivity index (χ3n) is 1.86. The van der Waals surface area contributed by atoms with Gasteiger partial charge in [0.1, 0.15) is 6.61 Å². The van der Waals surface area contributed by atoms with Crippen LogP contribution in [0, 0.1) is 0 Å². The molecule has 7 heteroatoms. The van der Waals surface area contributed by atoms with Gasteiger partial charge in [0.2, 0.25) is 0 Å². The Morgan fingerprint density at radius 1 is 1.41 bits per heavy atom. The van der Waals surface area contributed by atoms with Crippen LogP contribution in [0.3, 0.4) is 0 Å². The summed E-state index contributed by atoms with van der Waals surface area (Å²) in [4.78, 5) is 35.2. The van der Waals surface area contributed by atoms with Crippen molar-refractivity contribution in [2.75, 3.05) is 13.7 Å². The number of methoxy groups -OCH3 is 1. The van der Waals surface area contributed by atoms with Gasteiger partial charge in [-0.25, -0.2) is 14.4 Å². The van der Waals surface area contributed by atoms with Crippen molar-refractivity contribution in [1.82, 2.24) is 9.55 Å². The number of ether oxygens (including phenoxy) is 2. The number of nitrogens with one attached hydrogen (secondary N) is 1. The maximum Gasteiger partial charge on any atom is 0.331 e. The molecule has 92 valence electrons. The lowest BCUT2D eigenvalue weighted by molar-refractivity contribution is -0.139. The van der Waals surface area contributed by atoms with Crippen LogP contribution in [-0.4, -0.2) is 35.2 Å². The lowest BCUT2D eigenvalue weighted by Gasteiger charge is -2.01. The van der Waals surface area contributed by atoms with Crippen LogP contribution in [0.5, 0.6) is 0 Å². The Kier molecular flexibility index (Phi) is 4.74. The fraction of sp³-hybridized carbons (Fsp3) is 0.300. The molecule has 0 spiro atoms. The number of nitrogens with zero attached hydrogens (tertiary/aromatic N) is 1. The molecule has 0 unspecified atom stereocenters. The molecule has 0 aliphatic heterocycles. The van der Waals surface area contributed by atoms with Crippen LogP contribution in [0.4, 0.5) is 0 Å². The maximum atomic E-state index is 11.1. The molecule has 0 aromatic carbocycles. The van der Waals surface area contributed by atoms with E-state index in [4.69, 9.17) is 4.74 Å². The van der Waals surface area contributed by atoms with E-state index in [1.54, 1.807) is 6.20 Å². The van der Waals surface area contributed by atoms with Gasteiger partial charge in [-0.3, -0.25) is 4.57 Å². The number of imidazole rings is 1. The lowest BCUT2D eigenvalue weighted by Crippen LogP contribution is -2.19. The summed E-state index contributed by atoms with van der Waals surface area (Å²) in [5.41, 5.74) is -0.272. The Morgan fingerprint density at radius 2 is 2.12 bits per heavy atom. The highest BCUT2D eigenvalue weighted by Gasteiger charge is 2.00. The highest BCUT2D eigenvalue weighted by Crippen LogP contribution is 1.86. The van der Waals surface area contributed by atoms with Crippen LogP contribution in [0.15, 0.2) is 29.3 Å². The zero-order chi connectivity index (χ0) is 12.7. The molecule has 0 saturated carbocycles. The molecule has 1 N–H and O–H groups in total. The molecule has 0 amide bonds. The van der Waals surface area contributed by atoms with Gasteiger partial charge >= 0.3 is 17.6 Å². The number of aromatic nitrogens is 2. The van der Waals surface area contributed by atoms with Gasteiger partial charge in [0.25, 0.3) is 0 Å². The van der Waals surface area contributed by atoms with E-state index in [9.17, 15) is 14.4 Å². The summed E-state index contributed by atoms with van der Waals surface area (Å²) in [6.45, 7) is 0.294. The first-order valence-corrected chi connectivity index (χ1v) is 4.80. The van der Waals surface area contributed by atoms with E-state index in [-0.39, 0.29) is 18.8 Å². The van der Waals surface area contributed by atoms with E-state index in [1.165, 1.54) is 17.9 Å². The zero-order valence-electron chi connectivity index (χ0n) is 9.21. The molecular formula is C10H12N2O5. The summed E-state index contributed by atoms with van der Waals surface area (Å²) in [5, 5.41) is 0. The first-order chi connectivity index (χ1) is 8.13. The summed E-state index contributed by atoms with van der Waals surface area (Å²) < 4.78 is 10.4. The van der Waals surface area contributed by atoms with Crippen LogP contribution in [0.25, 0.3) is 0 Å². The van der Waals surface area contributed by atoms with E-state index in [0.29, 0.717) is 0 Å². The SMILES string of the molecule is COC(=O)C=CC(=O)OCCn1cc[nH]c1=O. The molecule has 0 radical (unpaired) electrons. The number of hydrogen-bond acceptors (Lipinski definition) is 5. The Morgan fingerprint density at radius 3 is 2.71 bits per heavy atom. The predicted molar refractivity (Wildman–Crippen MR) is 57.2 cm³/mol. The summed E-state index contributed by atoms with van der Waals surface area (Å²) in [6, 6.07) is 0. The molecular weight excluding hydrogens is 228 g/mol. The van der Waals surface area contributed by atoms with Crippen LogP contribution in [-0.2, 0) is 25.6 Å². The van der Waals surface area contributed by atoms with E-state index in [0.717, 1.165) is 12.2 Å². The highest BCUT2D eigenvalue weighted by molar-refractivity contribution is 5.91. The second kappa shape index (κ2) is 6.31. The zero-order valence-corrected chi connectivity index (χ0v) is 9.21. The van der Waals surface area contributed by atoms with E-state index >= 15 is 0 Å². The standard InChI is InChI=1S/C10H12N2O5/c1-16-8(13)2-3-9(14)17-7-6-12-5-4-11-10(12)15/h2-5H,6-7H2,1H3,(H,11,15). The molecule has 0 atom stereocenters. The Hall–Kier alpha value is -2.31. The average Bonchev–Trinajstić information content (AvgIpc) is 2.72. The van der Waals surface area contributed by atoms with Gasteiger partial charge in [-0.15, -0.1) is 0 Å². The second-order valence-corrected chi connectivity index (χ2v) is 2.98. The van der Waals surface area contributed by atoms with Gasteiger partial charge in [-0.1, -0.05) is 0 Å². The van der Waals surface area contributed by atoms with Crippen molar-refractivity contribution >= 4 is 11.9 Å². The minimum atomic E-state index is -0.668. The molecule has 0 aliphatic carbocycles. The first-order valence-electron chi connectivity index (χ1n) is 4.80. The normalized spacial score (nSPS) is 10.4. The monoisotopic (exact) mass is 240 g/mol. The van der Waals surface area contributed by atoms with Crippen molar-refractivity contribution in [3.05, 3.63) is 35.0 Å². The molecule has 17 heavy (non-hydrogen) atoms. The number of carbonyl (C=O) groups excluding carboxylic acids is 2. The summed E-state index contributed by atoms with van der Waals surface area (Å²) >= 11 is 0. The number of carbonyl (C=O) groups is 2. The van der Waals surface area contributed by atoms with E-state index < -0.39 is 11.9 Å². The molecule has 0 aliphatic rings.